The Bertz CT molecular complexity index is 821. The van der Waals surface area contributed by atoms with Crippen LogP contribution in [0.4, 0.5) is 0 Å². The van der Waals surface area contributed by atoms with E-state index in [0.717, 1.165) is 74.1 Å². The Hall–Kier alpha value is -1.81. The molecule has 0 aliphatic heterocycles. The second kappa shape index (κ2) is 10.00. The molecule has 1 aromatic rings. The van der Waals surface area contributed by atoms with E-state index >= 15 is 0 Å². The van der Waals surface area contributed by atoms with Gasteiger partial charge in [0.15, 0.2) is 0 Å². The highest BCUT2D eigenvalue weighted by molar-refractivity contribution is 6.30. The standard InChI is InChI=1S/C25H34ClN3O/c26-19-9-6-7-17(16-19)15-18-8-4-5-12-22(23(27)25(30)29-21-13-14-21)24(18)28-20-10-2-1-3-11-20/h6-7,9,16,18,20-21H,1-5,8,10-15,27H2,(H,29,30)/b23-22-,28-24?. The molecule has 30 heavy (non-hydrogen) atoms. The van der Waals surface area contributed by atoms with E-state index in [0.29, 0.717) is 17.8 Å². The maximum Gasteiger partial charge on any atom is 0.267 e. The lowest BCUT2D eigenvalue weighted by Crippen LogP contribution is -2.33. The second-order valence-electron chi connectivity index (χ2n) is 9.22. The number of halogens is 1. The van der Waals surface area contributed by atoms with Gasteiger partial charge in [-0.3, -0.25) is 9.79 Å². The zero-order valence-corrected chi connectivity index (χ0v) is 18.6. The van der Waals surface area contributed by atoms with E-state index in [-0.39, 0.29) is 11.8 Å². The Labute approximate surface area is 185 Å². The molecule has 1 aromatic carbocycles. The third-order valence-electron chi connectivity index (χ3n) is 6.68. The van der Waals surface area contributed by atoms with Crippen LogP contribution in [0.25, 0.3) is 0 Å². The number of carbonyl (C=O) groups excluding carboxylic acids is 1. The number of benzene rings is 1. The zero-order chi connectivity index (χ0) is 20.9. The summed E-state index contributed by atoms with van der Waals surface area (Å²) >= 11 is 6.25. The molecule has 0 aromatic heterocycles. The van der Waals surface area contributed by atoms with Gasteiger partial charge in [0.25, 0.3) is 5.91 Å². The summed E-state index contributed by atoms with van der Waals surface area (Å²) in [5, 5.41) is 3.84. The first-order valence-corrected chi connectivity index (χ1v) is 12.1. The van der Waals surface area contributed by atoms with Crippen molar-refractivity contribution in [2.24, 2.45) is 16.6 Å². The minimum atomic E-state index is -0.104. The summed E-state index contributed by atoms with van der Waals surface area (Å²) in [6.45, 7) is 0. The molecule has 3 aliphatic rings. The van der Waals surface area contributed by atoms with Crippen molar-refractivity contribution < 1.29 is 4.79 Å². The van der Waals surface area contributed by atoms with Gasteiger partial charge in [-0.15, -0.1) is 0 Å². The highest BCUT2D eigenvalue weighted by Crippen LogP contribution is 2.32. The molecule has 5 heteroatoms. The molecule has 1 atom stereocenters. The van der Waals surface area contributed by atoms with Crippen LogP contribution in [-0.4, -0.2) is 23.7 Å². The topological polar surface area (TPSA) is 67.5 Å². The van der Waals surface area contributed by atoms with Gasteiger partial charge in [-0.05, 0) is 69.1 Å². The molecule has 3 aliphatic carbocycles. The molecule has 0 spiro atoms. The summed E-state index contributed by atoms with van der Waals surface area (Å²) in [5.41, 5.74) is 10.2. The van der Waals surface area contributed by atoms with E-state index < -0.39 is 0 Å². The molecule has 3 N–H and O–H groups in total. The Morgan fingerprint density at radius 2 is 1.83 bits per heavy atom. The van der Waals surface area contributed by atoms with E-state index in [2.05, 4.69) is 17.4 Å². The molecule has 162 valence electrons. The predicted octanol–water partition coefficient (Wildman–Crippen LogP) is 5.34. The van der Waals surface area contributed by atoms with Crippen molar-refractivity contribution in [2.45, 2.75) is 89.1 Å². The van der Waals surface area contributed by atoms with Crippen molar-refractivity contribution in [3.63, 3.8) is 0 Å². The molecule has 0 radical (unpaired) electrons. The molecule has 0 heterocycles. The number of amides is 1. The number of carbonyl (C=O) groups is 1. The Kier molecular flexibility index (Phi) is 7.14. The fourth-order valence-corrected chi connectivity index (χ4v) is 5.05. The van der Waals surface area contributed by atoms with Crippen LogP contribution in [0, 0.1) is 5.92 Å². The minimum Gasteiger partial charge on any atom is -0.394 e. The third-order valence-corrected chi connectivity index (χ3v) is 6.91. The Morgan fingerprint density at radius 1 is 1.07 bits per heavy atom. The summed E-state index contributed by atoms with van der Waals surface area (Å²) in [6, 6.07) is 8.80. The van der Waals surface area contributed by atoms with Crippen LogP contribution in [0.2, 0.25) is 5.02 Å². The maximum atomic E-state index is 12.8. The van der Waals surface area contributed by atoms with Crippen molar-refractivity contribution >= 4 is 23.2 Å². The smallest absolute Gasteiger partial charge is 0.267 e. The van der Waals surface area contributed by atoms with E-state index in [4.69, 9.17) is 22.3 Å². The van der Waals surface area contributed by atoms with Gasteiger partial charge < -0.3 is 11.1 Å². The maximum absolute atomic E-state index is 12.8. The number of allylic oxidation sites excluding steroid dienone is 1. The van der Waals surface area contributed by atoms with Gasteiger partial charge in [-0.25, -0.2) is 0 Å². The predicted molar refractivity (Wildman–Crippen MR) is 124 cm³/mol. The number of rotatable bonds is 5. The molecule has 4 nitrogen and oxygen atoms in total. The van der Waals surface area contributed by atoms with Crippen LogP contribution >= 0.6 is 11.6 Å². The van der Waals surface area contributed by atoms with Crippen LogP contribution in [0.15, 0.2) is 40.5 Å². The molecule has 4 rings (SSSR count). The van der Waals surface area contributed by atoms with E-state index in [1.165, 1.54) is 24.8 Å². The second-order valence-corrected chi connectivity index (χ2v) is 9.66. The number of nitrogens with two attached hydrogens (primary N) is 1. The van der Waals surface area contributed by atoms with E-state index in [1.54, 1.807) is 0 Å². The van der Waals surface area contributed by atoms with Gasteiger partial charge in [-0.2, -0.15) is 0 Å². The quantitative estimate of drug-likeness (QED) is 0.492. The lowest BCUT2D eigenvalue weighted by Gasteiger charge is -2.25. The van der Waals surface area contributed by atoms with Crippen molar-refractivity contribution in [2.75, 3.05) is 0 Å². The van der Waals surface area contributed by atoms with Crippen LogP contribution in [-0.2, 0) is 11.2 Å². The molecule has 1 unspecified atom stereocenters. The average Bonchev–Trinajstić information content (AvgIpc) is 3.57. The van der Waals surface area contributed by atoms with Crippen LogP contribution in [0.3, 0.4) is 0 Å². The highest BCUT2D eigenvalue weighted by Gasteiger charge is 2.30. The van der Waals surface area contributed by atoms with Crippen LogP contribution in [0.1, 0.15) is 76.2 Å². The SMILES string of the molecule is N/C(C(=O)NC1CC1)=C1/CCCCC(Cc2cccc(Cl)c2)C1=NC1CCCCC1. The van der Waals surface area contributed by atoms with E-state index in [9.17, 15) is 4.79 Å². The summed E-state index contributed by atoms with van der Waals surface area (Å²) in [7, 11) is 0. The fraction of sp³-hybridized carbons (Fsp3) is 0.600. The van der Waals surface area contributed by atoms with Gasteiger partial charge in [0.1, 0.15) is 5.70 Å². The summed E-state index contributed by atoms with van der Waals surface area (Å²) < 4.78 is 0. The van der Waals surface area contributed by atoms with Crippen molar-refractivity contribution in [3.05, 3.63) is 46.1 Å². The molecule has 1 amide bonds. The number of hydrogen-bond acceptors (Lipinski definition) is 3. The Morgan fingerprint density at radius 3 is 2.57 bits per heavy atom. The van der Waals surface area contributed by atoms with Crippen molar-refractivity contribution in [3.8, 4) is 0 Å². The summed E-state index contributed by atoms with van der Waals surface area (Å²) in [4.78, 5) is 18.1. The monoisotopic (exact) mass is 427 g/mol. The first-order valence-electron chi connectivity index (χ1n) is 11.7. The van der Waals surface area contributed by atoms with Crippen molar-refractivity contribution in [1.82, 2.24) is 5.32 Å². The minimum absolute atomic E-state index is 0.104. The first-order chi connectivity index (χ1) is 14.6. The van der Waals surface area contributed by atoms with Crippen molar-refractivity contribution in [1.29, 1.82) is 0 Å². The number of nitrogens with zero attached hydrogens (tertiary/aromatic N) is 1. The molecule has 0 saturated heterocycles. The molecular formula is C25H34ClN3O. The molecule has 3 fully saturated rings. The highest BCUT2D eigenvalue weighted by atomic mass is 35.5. The first kappa shape index (κ1) is 21.4. The Balaban J connectivity index is 1.67. The third kappa shape index (κ3) is 5.66. The lowest BCUT2D eigenvalue weighted by molar-refractivity contribution is -0.117. The molecular weight excluding hydrogens is 394 g/mol. The van der Waals surface area contributed by atoms with Crippen LogP contribution in [0.5, 0.6) is 0 Å². The number of aliphatic imine (C=N–C) groups is 1. The molecule has 3 saturated carbocycles. The van der Waals surface area contributed by atoms with E-state index in [1.807, 2.05) is 12.1 Å². The van der Waals surface area contributed by atoms with Crippen LogP contribution < -0.4 is 11.1 Å². The summed E-state index contributed by atoms with van der Waals surface area (Å²) in [6.07, 6.45) is 13.2. The lowest BCUT2D eigenvalue weighted by atomic mass is 9.87. The number of hydrogen-bond donors (Lipinski definition) is 2. The normalized spacial score (nSPS) is 26.3. The van der Waals surface area contributed by atoms with Gasteiger partial charge in [-0.1, -0.05) is 49.4 Å². The fourth-order valence-electron chi connectivity index (χ4n) is 4.84. The van der Waals surface area contributed by atoms with Gasteiger partial charge in [0, 0.05) is 28.3 Å². The molecule has 0 bridgehead atoms. The van der Waals surface area contributed by atoms with Gasteiger partial charge >= 0.3 is 0 Å². The van der Waals surface area contributed by atoms with Gasteiger partial charge in [0.05, 0.1) is 6.04 Å². The summed E-state index contributed by atoms with van der Waals surface area (Å²) in [5.74, 6) is 0.183. The van der Waals surface area contributed by atoms with Gasteiger partial charge in [0.2, 0.25) is 0 Å². The largest absolute Gasteiger partial charge is 0.394 e. The zero-order valence-electron chi connectivity index (χ0n) is 17.8. The average molecular weight is 428 g/mol. The number of nitrogens with one attached hydrogen (secondary N) is 1.